The molecule has 180 valence electrons. The number of aryl methyl sites for hydroxylation is 2. The van der Waals surface area contributed by atoms with E-state index in [9.17, 15) is 4.79 Å². The summed E-state index contributed by atoms with van der Waals surface area (Å²) in [7, 11) is 0. The predicted molar refractivity (Wildman–Crippen MR) is 157 cm³/mol. The van der Waals surface area contributed by atoms with Crippen LogP contribution in [0.25, 0.3) is 6.08 Å². The lowest BCUT2D eigenvalue weighted by Crippen LogP contribution is -2.19. The first-order chi connectivity index (χ1) is 16.6. The van der Waals surface area contributed by atoms with Crippen LogP contribution in [0.1, 0.15) is 22.3 Å². The minimum absolute atomic E-state index is 0.188. The number of amides is 1. The molecule has 4 rings (SSSR count). The van der Waals surface area contributed by atoms with E-state index in [0.717, 1.165) is 41.4 Å². The fourth-order valence-corrected chi connectivity index (χ4v) is 6.16. The lowest BCUT2D eigenvalue weighted by molar-refractivity contribution is -0.115. The summed E-state index contributed by atoms with van der Waals surface area (Å²) in [6, 6.07) is 13.1. The molecule has 0 bridgehead atoms. The van der Waals surface area contributed by atoms with Crippen molar-refractivity contribution in [3.63, 3.8) is 0 Å². The maximum Gasteiger partial charge on any atom is 0.264 e. The van der Waals surface area contributed by atoms with Crippen molar-refractivity contribution < 1.29 is 9.53 Å². The molecule has 1 heterocycles. The van der Waals surface area contributed by atoms with Gasteiger partial charge < -0.3 is 10.1 Å². The quantitative estimate of drug-likeness (QED) is 0.268. The molecule has 1 aliphatic heterocycles. The molecular weight excluding hydrogens is 703 g/mol. The van der Waals surface area contributed by atoms with Crippen LogP contribution < -0.4 is 10.1 Å². The van der Waals surface area contributed by atoms with Gasteiger partial charge >= 0.3 is 0 Å². The van der Waals surface area contributed by atoms with Crippen molar-refractivity contribution >= 4 is 106 Å². The average molecular weight is 720 g/mol. The van der Waals surface area contributed by atoms with E-state index in [1.54, 1.807) is 12.1 Å². The number of rotatable bonds is 5. The average Bonchev–Trinajstić information content (AvgIpc) is 3.12. The van der Waals surface area contributed by atoms with E-state index in [-0.39, 0.29) is 5.91 Å². The minimum Gasteiger partial charge on any atom is -0.487 e. The summed E-state index contributed by atoms with van der Waals surface area (Å²) in [5.41, 5.74) is 4.70. The zero-order valence-corrected chi connectivity index (χ0v) is 25.5. The van der Waals surface area contributed by atoms with E-state index in [1.807, 2.05) is 50.3 Å². The molecule has 3 aromatic rings. The van der Waals surface area contributed by atoms with Crippen molar-refractivity contribution in [1.82, 2.24) is 5.32 Å². The van der Waals surface area contributed by atoms with Gasteiger partial charge in [-0.3, -0.25) is 4.79 Å². The number of amidine groups is 1. The second kappa shape index (κ2) is 11.4. The van der Waals surface area contributed by atoms with Gasteiger partial charge in [-0.25, -0.2) is 4.99 Å². The second-order valence-corrected chi connectivity index (χ2v) is 12.1. The van der Waals surface area contributed by atoms with Gasteiger partial charge in [-0.1, -0.05) is 45.2 Å². The first kappa shape index (κ1) is 26.8. The summed E-state index contributed by atoms with van der Waals surface area (Å²) >= 11 is 24.1. The first-order valence-corrected chi connectivity index (χ1v) is 14.2. The van der Waals surface area contributed by atoms with Crippen LogP contribution in [0.4, 0.5) is 5.69 Å². The summed E-state index contributed by atoms with van der Waals surface area (Å²) in [4.78, 5) is 17.7. The molecule has 1 N–H and O–H groups in total. The van der Waals surface area contributed by atoms with Crippen molar-refractivity contribution in [2.24, 2.45) is 4.99 Å². The molecule has 1 aliphatic rings. The van der Waals surface area contributed by atoms with Gasteiger partial charge in [-0.2, -0.15) is 0 Å². The molecule has 0 aromatic heterocycles. The molecule has 35 heavy (non-hydrogen) atoms. The fraction of sp³-hybridized carbons (Fsp3) is 0.120. The van der Waals surface area contributed by atoms with Gasteiger partial charge in [0.05, 0.1) is 29.6 Å². The van der Waals surface area contributed by atoms with Crippen LogP contribution in [0.2, 0.25) is 10.0 Å². The maximum absolute atomic E-state index is 12.6. The Balaban J connectivity index is 1.51. The monoisotopic (exact) mass is 716 g/mol. The van der Waals surface area contributed by atoms with Gasteiger partial charge in [0.15, 0.2) is 5.17 Å². The molecule has 0 aliphatic carbocycles. The Morgan fingerprint density at radius 1 is 1.00 bits per heavy atom. The maximum atomic E-state index is 12.6. The SMILES string of the molecule is Cc1cc(N=C2NC(=O)/C(=C/c3cc(Br)c(OCc4ccc(Cl)c(Cl)c4)c(Br)c3)S2)cc(C)c1Br. The van der Waals surface area contributed by atoms with Crippen LogP contribution in [-0.2, 0) is 11.4 Å². The van der Waals surface area contributed by atoms with Crippen molar-refractivity contribution in [2.45, 2.75) is 20.5 Å². The number of carbonyl (C=O) groups excluding carboxylic acids is 1. The number of aliphatic imine (C=N–C) groups is 1. The Kier molecular flexibility index (Phi) is 8.72. The van der Waals surface area contributed by atoms with Crippen LogP contribution in [-0.4, -0.2) is 11.1 Å². The smallest absolute Gasteiger partial charge is 0.264 e. The van der Waals surface area contributed by atoms with E-state index < -0.39 is 0 Å². The Bertz CT molecular complexity index is 1360. The molecular formula is C25H17Br3Cl2N2O2S. The highest BCUT2D eigenvalue weighted by molar-refractivity contribution is 9.11. The zero-order valence-electron chi connectivity index (χ0n) is 18.4. The van der Waals surface area contributed by atoms with Crippen LogP contribution >= 0.6 is 82.8 Å². The van der Waals surface area contributed by atoms with Gasteiger partial charge in [0.25, 0.3) is 5.91 Å². The molecule has 0 radical (unpaired) electrons. The molecule has 1 saturated heterocycles. The van der Waals surface area contributed by atoms with Crippen molar-refractivity contribution in [3.05, 3.63) is 93.1 Å². The number of hydrogen-bond acceptors (Lipinski definition) is 4. The molecule has 0 saturated carbocycles. The Morgan fingerprint density at radius 2 is 1.66 bits per heavy atom. The number of nitrogens with one attached hydrogen (secondary N) is 1. The zero-order chi connectivity index (χ0) is 25.3. The van der Waals surface area contributed by atoms with E-state index in [4.69, 9.17) is 27.9 Å². The highest BCUT2D eigenvalue weighted by Crippen LogP contribution is 2.37. The standard InChI is InChI=1S/C25H17Br3Cl2N2O2S/c1-12-5-16(6-13(2)22(12)28)31-25-32-24(33)21(35-25)10-15-7-17(26)23(18(27)8-15)34-11-14-3-4-19(29)20(30)9-14/h3-10H,11H2,1-2H3,(H,31,32,33)/b21-10-. The number of benzene rings is 3. The topological polar surface area (TPSA) is 50.7 Å². The van der Waals surface area contributed by atoms with Crippen LogP contribution in [0.3, 0.4) is 0 Å². The lowest BCUT2D eigenvalue weighted by Gasteiger charge is -2.12. The van der Waals surface area contributed by atoms with Gasteiger partial charge in [0, 0.05) is 4.47 Å². The summed E-state index contributed by atoms with van der Waals surface area (Å²) in [6.45, 7) is 4.35. The molecule has 1 amide bonds. The normalized spacial score (nSPS) is 15.7. The number of carbonyl (C=O) groups is 1. The largest absolute Gasteiger partial charge is 0.487 e. The Hall–Kier alpha value is -1.29. The molecule has 0 atom stereocenters. The number of nitrogens with zero attached hydrogens (tertiary/aromatic N) is 1. The van der Waals surface area contributed by atoms with Gasteiger partial charge in [-0.05, 0) is 122 Å². The molecule has 0 spiro atoms. The summed E-state index contributed by atoms with van der Waals surface area (Å²) in [6.07, 6.45) is 1.82. The molecule has 4 nitrogen and oxygen atoms in total. The van der Waals surface area contributed by atoms with Gasteiger partial charge in [-0.15, -0.1) is 0 Å². The van der Waals surface area contributed by atoms with Crippen molar-refractivity contribution in [1.29, 1.82) is 0 Å². The summed E-state index contributed by atoms with van der Waals surface area (Å²) in [5.74, 6) is 0.455. The van der Waals surface area contributed by atoms with E-state index >= 15 is 0 Å². The fourth-order valence-electron chi connectivity index (χ4n) is 3.32. The van der Waals surface area contributed by atoms with Gasteiger partial charge in [0.2, 0.25) is 0 Å². The Labute approximate surface area is 242 Å². The molecule has 0 unspecified atom stereocenters. The molecule has 10 heteroatoms. The van der Waals surface area contributed by atoms with Crippen LogP contribution in [0.5, 0.6) is 5.75 Å². The minimum atomic E-state index is -0.188. The number of hydrogen-bond donors (Lipinski definition) is 1. The first-order valence-electron chi connectivity index (χ1n) is 10.2. The van der Waals surface area contributed by atoms with Gasteiger partial charge in [0.1, 0.15) is 12.4 Å². The number of ether oxygens (including phenoxy) is 1. The third-order valence-electron chi connectivity index (χ3n) is 4.99. The number of halogens is 5. The van der Waals surface area contributed by atoms with Crippen LogP contribution in [0, 0.1) is 13.8 Å². The number of thioether (sulfide) groups is 1. The summed E-state index contributed by atoms with van der Waals surface area (Å²) in [5, 5.41) is 4.36. The van der Waals surface area contributed by atoms with E-state index in [1.165, 1.54) is 11.8 Å². The Morgan fingerprint density at radius 3 is 2.29 bits per heavy atom. The predicted octanol–water partition coefficient (Wildman–Crippen LogP) is 9.37. The third kappa shape index (κ3) is 6.53. The van der Waals surface area contributed by atoms with Crippen molar-refractivity contribution in [3.8, 4) is 5.75 Å². The van der Waals surface area contributed by atoms with E-state index in [0.29, 0.717) is 32.5 Å². The van der Waals surface area contributed by atoms with E-state index in [2.05, 4.69) is 58.1 Å². The highest BCUT2D eigenvalue weighted by atomic mass is 79.9. The molecule has 1 fully saturated rings. The summed E-state index contributed by atoms with van der Waals surface area (Å²) < 4.78 is 8.54. The lowest BCUT2D eigenvalue weighted by atomic mass is 10.1. The van der Waals surface area contributed by atoms with Crippen LogP contribution in [0.15, 0.2) is 65.8 Å². The van der Waals surface area contributed by atoms with Crippen molar-refractivity contribution in [2.75, 3.05) is 0 Å². The highest BCUT2D eigenvalue weighted by Gasteiger charge is 2.24. The third-order valence-corrected chi connectivity index (χ3v) is 9.07. The molecule has 3 aromatic carbocycles. The second-order valence-electron chi connectivity index (χ2n) is 7.73.